The molecule has 4 nitrogen and oxygen atoms in total. The first-order valence-corrected chi connectivity index (χ1v) is 4.76. The van der Waals surface area contributed by atoms with Crippen LogP contribution in [0.15, 0.2) is 0 Å². The standard InChI is InChI=1S/C9H11F3N2O2/c10-9(11,12)6(15)4-14-7(16)8(5-13)2-1-3-8/h6,15H,1-4H2,(H,14,16). The number of alkyl halides is 3. The first-order valence-electron chi connectivity index (χ1n) is 4.76. The monoisotopic (exact) mass is 236 g/mol. The maximum absolute atomic E-state index is 11.9. The first-order chi connectivity index (χ1) is 7.32. The molecule has 2 N–H and O–H groups in total. The van der Waals surface area contributed by atoms with Gasteiger partial charge in [0.15, 0.2) is 6.10 Å². The van der Waals surface area contributed by atoms with Gasteiger partial charge >= 0.3 is 6.18 Å². The van der Waals surface area contributed by atoms with Crippen LogP contribution in [0.5, 0.6) is 0 Å². The minimum atomic E-state index is -4.76. The Kier molecular flexibility index (Phi) is 3.43. The second-order valence-electron chi connectivity index (χ2n) is 3.81. The number of nitrogens with zero attached hydrogens (tertiary/aromatic N) is 1. The Morgan fingerprint density at radius 3 is 2.44 bits per heavy atom. The van der Waals surface area contributed by atoms with Gasteiger partial charge in [-0.05, 0) is 19.3 Å². The van der Waals surface area contributed by atoms with Gasteiger partial charge in [-0.1, -0.05) is 0 Å². The van der Waals surface area contributed by atoms with Gasteiger partial charge in [0.1, 0.15) is 5.41 Å². The van der Waals surface area contributed by atoms with Crippen molar-refractivity contribution in [2.75, 3.05) is 6.54 Å². The number of aliphatic hydroxyl groups is 1. The second kappa shape index (κ2) is 4.29. The lowest BCUT2D eigenvalue weighted by molar-refractivity contribution is -0.202. The van der Waals surface area contributed by atoms with Crippen LogP contribution in [0.3, 0.4) is 0 Å². The van der Waals surface area contributed by atoms with E-state index in [1.165, 1.54) is 0 Å². The molecule has 0 spiro atoms. The van der Waals surface area contributed by atoms with E-state index in [1.54, 1.807) is 6.07 Å². The predicted octanol–water partition coefficient (Wildman–Crippen LogP) is 0.720. The molecule has 1 unspecified atom stereocenters. The van der Waals surface area contributed by atoms with Gasteiger partial charge in [-0.2, -0.15) is 18.4 Å². The molecular weight excluding hydrogens is 225 g/mol. The quantitative estimate of drug-likeness (QED) is 0.758. The van der Waals surface area contributed by atoms with Crippen molar-refractivity contribution >= 4 is 5.91 Å². The lowest BCUT2D eigenvalue weighted by Crippen LogP contribution is -2.49. The molecule has 1 saturated carbocycles. The third kappa shape index (κ3) is 2.44. The summed E-state index contributed by atoms with van der Waals surface area (Å²) in [6.07, 6.45) is -5.92. The third-order valence-corrected chi connectivity index (χ3v) is 2.69. The molecule has 0 aromatic carbocycles. The normalized spacial score (nSPS) is 20.4. The molecule has 1 rings (SSSR count). The van der Waals surface area contributed by atoms with E-state index in [0.717, 1.165) is 0 Å². The van der Waals surface area contributed by atoms with Crippen molar-refractivity contribution < 1.29 is 23.1 Å². The summed E-state index contributed by atoms with van der Waals surface area (Å²) in [4.78, 5) is 11.4. The molecule has 1 fully saturated rings. The van der Waals surface area contributed by atoms with Crippen LogP contribution in [0.4, 0.5) is 13.2 Å². The van der Waals surface area contributed by atoms with E-state index in [2.05, 4.69) is 0 Å². The molecule has 1 atom stereocenters. The van der Waals surface area contributed by atoms with Gasteiger partial charge < -0.3 is 10.4 Å². The Labute approximate surface area is 90.0 Å². The molecule has 1 amide bonds. The highest BCUT2D eigenvalue weighted by Crippen LogP contribution is 2.40. The zero-order valence-corrected chi connectivity index (χ0v) is 8.34. The lowest BCUT2D eigenvalue weighted by Gasteiger charge is -2.33. The highest BCUT2D eigenvalue weighted by molar-refractivity contribution is 5.86. The Morgan fingerprint density at radius 1 is 1.56 bits per heavy atom. The summed E-state index contributed by atoms with van der Waals surface area (Å²) in [5.41, 5.74) is -1.19. The Bertz CT molecular complexity index is 318. The number of amides is 1. The zero-order chi connectivity index (χ0) is 12.4. The fraction of sp³-hybridized carbons (Fsp3) is 0.778. The largest absolute Gasteiger partial charge is 0.416 e. The number of carbonyl (C=O) groups is 1. The molecule has 0 aromatic rings. The summed E-state index contributed by atoms with van der Waals surface area (Å²) >= 11 is 0. The van der Waals surface area contributed by atoms with Gasteiger partial charge in [-0.3, -0.25) is 4.79 Å². The number of nitrogens with one attached hydrogen (secondary N) is 1. The van der Waals surface area contributed by atoms with Gasteiger partial charge in [0.05, 0.1) is 12.6 Å². The van der Waals surface area contributed by atoms with Crippen LogP contribution in [0.1, 0.15) is 19.3 Å². The summed E-state index contributed by atoms with van der Waals surface area (Å²) in [7, 11) is 0. The van der Waals surface area contributed by atoms with Crippen molar-refractivity contribution in [2.45, 2.75) is 31.5 Å². The number of halogens is 3. The van der Waals surface area contributed by atoms with Crippen LogP contribution in [0.25, 0.3) is 0 Å². The maximum atomic E-state index is 11.9. The van der Waals surface area contributed by atoms with E-state index in [4.69, 9.17) is 10.4 Å². The fourth-order valence-electron chi connectivity index (χ4n) is 1.39. The van der Waals surface area contributed by atoms with Crippen molar-refractivity contribution in [1.82, 2.24) is 5.32 Å². The molecule has 0 aliphatic heterocycles. The van der Waals surface area contributed by atoms with Crippen LogP contribution in [0, 0.1) is 16.7 Å². The Balaban J connectivity index is 2.45. The van der Waals surface area contributed by atoms with Gasteiger partial charge in [0.25, 0.3) is 0 Å². The van der Waals surface area contributed by atoms with Crippen molar-refractivity contribution in [3.8, 4) is 6.07 Å². The molecule has 1 aliphatic rings. The zero-order valence-electron chi connectivity index (χ0n) is 8.34. The molecule has 7 heteroatoms. The Morgan fingerprint density at radius 2 is 2.12 bits per heavy atom. The fourth-order valence-corrected chi connectivity index (χ4v) is 1.39. The summed E-state index contributed by atoms with van der Waals surface area (Å²) in [5, 5.41) is 19.3. The second-order valence-corrected chi connectivity index (χ2v) is 3.81. The summed E-state index contributed by atoms with van der Waals surface area (Å²) in [6, 6.07) is 1.80. The molecule has 0 bridgehead atoms. The number of carbonyl (C=O) groups excluding carboxylic acids is 1. The van der Waals surface area contributed by atoms with Crippen molar-refractivity contribution in [2.24, 2.45) is 5.41 Å². The molecule has 0 aromatic heterocycles. The number of hydrogen-bond donors (Lipinski definition) is 2. The van der Waals surface area contributed by atoms with Crippen molar-refractivity contribution in [3.63, 3.8) is 0 Å². The number of hydrogen-bond acceptors (Lipinski definition) is 3. The molecule has 16 heavy (non-hydrogen) atoms. The van der Waals surface area contributed by atoms with Crippen LogP contribution in [-0.4, -0.2) is 29.8 Å². The molecule has 0 radical (unpaired) electrons. The molecular formula is C9H11F3N2O2. The van der Waals surface area contributed by atoms with Crippen molar-refractivity contribution in [3.05, 3.63) is 0 Å². The third-order valence-electron chi connectivity index (χ3n) is 2.69. The van der Waals surface area contributed by atoms with Crippen LogP contribution >= 0.6 is 0 Å². The number of nitriles is 1. The summed E-state index contributed by atoms with van der Waals surface area (Å²) < 4.78 is 35.7. The minimum absolute atomic E-state index is 0.359. The molecule has 90 valence electrons. The predicted molar refractivity (Wildman–Crippen MR) is 47.0 cm³/mol. The van der Waals surface area contributed by atoms with E-state index < -0.39 is 30.1 Å². The van der Waals surface area contributed by atoms with Gasteiger partial charge in [-0.25, -0.2) is 0 Å². The SMILES string of the molecule is N#CC1(C(=O)NCC(O)C(F)(F)F)CCC1. The van der Waals surface area contributed by atoms with Crippen LogP contribution in [-0.2, 0) is 4.79 Å². The van der Waals surface area contributed by atoms with E-state index in [1.807, 2.05) is 5.32 Å². The average molecular weight is 236 g/mol. The highest BCUT2D eigenvalue weighted by Gasteiger charge is 2.45. The number of rotatable bonds is 3. The first kappa shape index (κ1) is 12.8. The van der Waals surface area contributed by atoms with Crippen LogP contribution < -0.4 is 5.32 Å². The number of aliphatic hydroxyl groups excluding tert-OH is 1. The maximum Gasteiger partial charge on any atom is 0.416 e. The van der Waals surface area contributed by atoms with Gasteiger partial charge in [0.2, 0.25) is 5.91 Å². The summed E-state index contributed by atoms with van der Waals surface area (Å²) in [6.45, 7) is -0.911. The minimum Gasteiger partial charge on any atom is -0.382 e. The van der Waals surface area contributed by atoms with E-state index >= 15 is 0 Å². The summed E-state index contributed by atoms with van der Waals surface area (Å²) in [5.74, 6) is -0.732. The van der Waals surface area contributed by atoms with Gasteiger partial charge in [-0.15, -0.1) is 0 Å². The molecule has 1 aliphatic carbocycles. The van der Waals surface area contributed by atoms with Gasteiger partial charge in [0, 0.05) is 0 Å². The smallest absolute Gasteiger partial charge is 0.382 e. The topological polar surface area (TPSA) is 73.1 Å². The van der Waals surface area contributed by atoms with E-state index in [9.17, 15) is 18.0 Å². The average Bonchev–Trinajstić information content (AvgIpc) is 2.11. The lowest BCUT2D eigenvalue weighted by atomic mass is 9.69. The molecule has 0 saturated heterocycles. The highest BCUT2D eigenvalue weighted by atomic mass is 19.4. The van der Waals surface area contributed by atoms with E-state index in [-0.39, 0.29) is 0 Å². The van der Waals surface area contributed by atoms with E-state index in [0.29, 0.717) is 19.3 Å². The molecule has 0 heterocycles. The van der Waals surface area contributed by atoms with Crippen LogP contribution in [0.2, 0.25) is 0 Å². The van der Waals surface area contributed by atoms with Crippen molar-refractivity contribution in [1.29, 1.82) is 5.26 Å². The Hall–Kier alpha value is -1.29.